The van der Waals surface area contributed by atoms with Gasteiger partial charge in [-0.05, 0) is 31.4 Å². The Balaban J connectivity index is 0.00000320. The molecular formula is C22H36IN7. The molecule has 0 amide bonds. The van der Waals surface area contributed by atoms with Crippen molar-refractivity contribution in [2.45, 2.75) is 58.7 Å². The zero-order valence-corrected chi connectivity index (χ0v) is 20.6. The highest BCUT2D eigenvalue weighted by Gasteiger charge is 2.19. The molecule has 2 aromatic rings. The SMILES string of the molecule is CCCN1CCC(NC(=NCc2ccccc2)NCCn2cnnc2CC)CC1.I. The van der Waals surface area contributed by atoms with Gasteiger partial charge in [0.2, 0.25) is 0 Å². The van der Waals surface area contributed by atoms with Gasteiger partial charge in [0.05, 0.1) is 6.54 Å². The van der Waals surface area contributed by atoms with Gasteiger partial charge in [0.15, 0.2) is 5.96 Å². The Hall–Kier alpha value is -1.68. The van der Waals surface area contributed by atoms with Crippen LogP contribution in [-0.2, 0) is 19.5 Å². The molecule has 1 saturated heterocycles. The Labute approximate surface area is 197 Å². The Morgan fingerprint density at radius 2 is 1.90 bits per heavy atom. The fourth-order valence-corrected chi connectivity index (χ4v) is 3.75. The number of nitrogens with one attached hydrogen (secondary N) is 2. The van der Waals surface area contributed by atoms with Crippen molar-refractivity contribution in [1.29, 1.82) is 0 Å². The molecule has 0 aliphatic carbocycles. The van der Waals surface area contributed by atoms with Gasteiger partial charge < -0.3 is 20.1 Å². The summed E-state index contributed by atoms with van der Waals surface area (Å²) in [7, 11) is 0. The second-order valence-corrected chi connectivity index (χ2v) is 7.63. The fourth-order valence-electron chi connectivity index (χ4n) is 3.75. The molecule has 1 aromatic carbocycles. The van der Waals surface area contributed by atoms with Crippen molar-refractivity contribution in [3.63, 3.8) is 0 Å². The van der Waals surface area contributed by atoms with Crippen molar-refractivity contribution in [3.05, 3.63) is 48.0 Å². The molecule has 0 bridgehead atoms. The highest BCUT2D eigenvalue weighted by atomic mass is 127. The van der Waals surface area contributed by atoms with E-state index in [1.54, 1.807) is 6.33 Å². The Morgan fingerprint density at radius 3 is 2.60 bits per heavy atom. The Morgan fingerprint density at radius 1 is 1.13 bits per heavy atom. The molecule has 0 radical (unpaired) electrons. The zero-order chi connectivity index (χ0) is 20.3. The molecule has 2 heterocycles. The third kappa shape index (κ3) is 7.86. The summed E-state index contributed by atoms with van der Waals surface area (Å²) in [6.07, 6.45) is 6.25. The van der Waals surface area contributed by atoms with Crippen molar-refractivity contribution in [2.24, 2.45) is 4.99 Å². The molecule has 2 N–H and O–H groups in total. The summed E-state index contributed by atoms with van der Waals surface area (Å²) in [4.78, 5) is 7.41. The summed E-state index contributed by atoms with van der Waals surface area (Å²) in [6.45, 7) is 10.2. The average Bonchev–Trinajstić information content (AvgIpc) is 3.22. The normalized spacial score (nSPS) is 15.6. The highest BCUT2D eigenvalue weighted by Crippen LogP contribution is 2.10. The molecule has 1 aliphatic rings. The summed E-state index contributed by atoms with van der Waals surface area (Å²) in [5, 5.41) is 15.4. The van der Waals surface area contributed by atoms with Crippen molar-refractivity contribution < 1.29 is 0 Å². The minimum Gasteiger partial charge on any atom is -0.355 e. The summed E-state index contributed by atoms with van der Waals surface area (Å²) >= 11 is 0. The quantitative estimate of drug-likeness (QED) is 0.299. The van der Waals surface area contributed by atoms with E-state index in [4.69, 9.17) is 4.99 Å². The van der Waals surface area contributed by atoms with E-state index in [0.29, 0.717) is 12.6 Å². The van der Waals surface area contributed by atoms with Crippen molar-refractivity contribution in [1.82, 2.24) is 30.3 Å². The van der Waals surface area contributed by atoms with Gasteiger partial charge in [-0.2, -0.15) is 0 Å². The van der Waals surface area contributed by atoms with Gasteiger partial charge in [-0.1, -0.05) is 44.2 Å². The van der Waals surface area contributed by atoms with Crippen LogP contribution in [-0.4, -0.2) is 57.8 Å². The molecule has 1 aromatic heterocycles. The minimum atomic E-state index is 0. The van der Waals surface area contributed by atoms with Crippen LogP contribution in [0.1, 0.15) is 44.5 Å². The predicted octanol–water partition coefficient (Wildman–Crippen LogP) is 3.07. The van der Waals surface area contributed by atoms with Crippen molar-refractivity contribution in [2.75, 3.05) is 26.2 Å². The first-order valence-corrected chi connectivity index (χ1v) is 11.0. The van der Waals surface area contributed by atoms with E-state index in [0.717, 1.165) is 57.2 Å². The summed E-state index contributed by atoms with van der Waals surface area (Å²) in [5.41, 5.74) is 1.22. The van der Waals surface area contributed by atoms with E-state index >= 15 is 0 Å². The van der Waals surface area contributed by atoms with Crippen molar-refractivity contribution >= 4 is 29.9 Å². The molecule has 1 fully saturated rings. The van der Waals surface area contributed by atoms with Crippen LogP contribution < -0.4 is 10.6 Å². The van der Waals surface area contributed by atoms with Crippen LogP contribution in [0.5, 0.6) is 0 Å². The monoisotopic (exact) mass is 525 g/mol. The van der Waals surface area contributed by atoms with E-state index in [9.17, 15) is 0 Å². The zero-order valence-electron chi connectivity index (χ0n) is 18.3. The van der Waals surface area contributed by atoms with Crippen LogP contribution in [0.15, 0.2) is 41.7 Å². The van der Waals surface area contributed by atoms with Crippen LogP contribution in [0, 0.1) is 0 Å². The highest BCUT2D eigenvalue weighted by molar-refractivity contribution is 14.0. The smallest absolute Gasteiger partial charge is 0.191 e. The Kier molecular flexibility index (Phi) is 11.1. The largest absolute Gasteiger partial charge is 0.355 e. The second-order valence-electron chi connectivity index (χ2n) is 7.63. The summed E-state index contributed by atoms with van der Waals surface area (Å²) in [5.74, 6) is 1.92. The number of piperidine rings is 1. The van der Waals surface area contributed by atoms with Gasteiger partial charge in [0, 0.05) is 38.6 Å². The number of halogens is 1. The molecule has 0 unspecified atom stereocenters. The number of likely N-dealkylation sites (tertiary alicyclic amines) is 1. The first kappa shape index (κ1) is 24.6. The van der Waals surface area contributed by atoms with E-state index in [1.807, 2.05) is 6.07 Å². The molecule has 8 heteroatoms. The van der Waals surface area contributed by atoms with Crippen LogP contribution in [0.4, 0.5) is 0 Å². The van der Waals surface area contributed by atoms with Gasteiger partial charge in [-0.25, -0.2) is 4.99 Å². The van der Waals surface area contributed by atoms with Crippen molar-refractivity contribution in [3.8, 4) is 0 Å². The lowest BCUT2D eigenvalue weighted by atomic mass is 10.1. The van der Waals surface area contributed by atoms with Gasteiger partial charge in [-0.3, -0.25) is 0 Å². The number of nitrogens with zero attached hydrogens (tertiary/aromatic N) is 5. The number of hydrogen-bond acceptors (Lipinski definition) is 4. The number of aromatic nitrogens is 3. The average molecular weight is 525 g/mol. The first-order chi connectivity index (χ1) is 14.3. The lowest BCUT2D eigenvalue weighted by Gasteiger charge is -2.33. The number of benzene rings is 1. The number of aliphatic imine (C=N–C) groups is 1. The second kappa shape index (κ2) is 13.6. The topological polar surface area (TPSA) is 70.4 Å². The first-order valence-electron chi connectivity index (χ1n) is 11.0. The van der Waals surface area contributed by atoms with Gasteiger partial charge in [0.25, 0.3) is 0 Å². The van der Waals surface area contributed by atoms with E-state index in [2.05, 4.69) is 68.4 Å². The molecule has 30 heavy (non-hydrogen) atoms. The summed E-state index contributed by atoms with van der Waals surface area (Å²) in [6, 6.07) is 10.9. The molecule has 0 spiro atoms. The maximum Gasteiger partial charge on any atom is 0.191 e. The molecule has 0 saturated carbocycles. The molecule has 1 aliphatic heterocycles. The predicted molar refractivity (Wildman–Crippen MR) is 133 cm³/mol. The van der Waals surface area contributed by atoms with E-state index in [1.165, 1.54) is 18.5 Å². The number of rotatable bonds is 9. The number of guanidine groups is 1. The minimum absolute atomic E-state index is 0. The third-order valence-corrected chi connectivity index (χ3v) is 5.39. The van der Waals surface area contributed by atoms with Gasteiger partial charge in [0.1, 0.15) is 12.2 Å². The molecule has 7 nitrogen and oxygen atoms in total. The van der Waals surface area contributed by atoms with Gasteiger partial charge >= 0.3 is 0 Å². The third-order valence-electron chi connectivity index (χ3n) is 5.39. The van der Waals surface area contributed by atoms with Crippen LogP contribution in [0.2, 0.25) is 0 Å². The fraction of sp³-hybridized carbons (Fsp3) is 0.591. The number of hydrogen-bond donors (Lipinski definition) is 2. The standard InChI is InChI=1S/C22H35N7.HI/c1-3-13-28-14-10-20(11-15-28)26-22(24-17-19-8-6-5-7-9-19)23-12-16-29-18-25-27-21(29)4-2;/h5-9,18,20H,3-4,10-17H2,1-2H3,(H2,23,24,26);1H. The molecule has 3 rings (SSSR count). The van der Waals surface area contributed by atoms with E-state index in [-0.39, 0.29) is 24.0 Å². The molecule has 166 valence electrons. The van der Waals surface area contributed by atoms with Crippen LogP contribution >= 0.6 is 24.0 Å². The maximum absolute atomic E-state index is 4.85. The van der Waals surface area contributed by atoms with Gasteiger partial charge in [-0.15, -0.1) is 34.2 Å². The molecule has 0 atom stereocenters. The molecular weight excluding hydrogens is 489 g/mol. The van der Waals surface area contributed by atoms with E-state index < -0.39 is 0 Å². The van der Waals surface area contributed by atoms with Crippen LogP contribution in [0.25, 0.3) is 0 Å². The maximum atomic E-state index is 4.85. The van der Waals surface area contributed by atoms with Crippen LogP contribution in [0.3, 0.4) is 0 Å². The lowest BCUT2D eigenvalue weighted by Crippen LogP contribution is -2.49. The summed E-state index contributed by atoms with van der Waals surface area (Å²) < 4.78 is 2.10. The lowest BCUT2D eigenvalue weighted by molar-refractivity contribution is 0.206. The number of aryl methyl sites for hydroxylation is 1. The Bertz CT molecular complexity index is 739.